The largest absolute Gasteiger partial charge is 0.465 e. The summed E-state index contributed by atoms with van der Waals surface area (Å²) in [6.45, 7) is 1.42. The predicted molar refractivity (Wildman–Crippen MR) is 112 cm³/mol. The van der Waals surface area contributed by atoms with E-state index in [1.54, 1.807) is 30.3 Å². The van der Waals surface area contributed by atoms with Crippen LogP contribution < -0.4 is 11.0 Å². The number of halogens is 1. The van der Waals surface area contributed by atoms with Gasteiger partial charge in [0.05, 0.1) is 24.6 Å². The summed E-state index contributed by atoms with van der Waals surface area (Å²) in [5.74, 6) is -1.74. The highest BCUT2D eigenvalue weighted by Crippen LogP contribution is 2.11. The number of esters is 1. The lowest BCUT2D eigenvalue weighted by Gasteiger charge is -2.10. The van der Waals surface area contributed by atoms with Crippen molar-refractivity contribution in [2.75, 3.05) is 7.11 Å². The normalized spacial score (nSPS) is 10.6. The van der Waals surface area contributed by atoms with Gasteiger partial charge in [0.25, 0.3) is 11.5 Å². The van der Waals surface area contributed by atoms with E-state index >= 15 is 0 Å². The Kier molecular flexibility index (Phi) is 6.50. The molecule has 1 amide bonds. The van der Waals surface area contributed by atoms with E-state index in [1.165, 1.54) is 32.4 Å². The average molecular weight is 433 g/mol. The maximum Gasteiger partial charge on any atom is 0.337 e. The lowest BCUT2D eigenvalue weighted by molar-refractivity contribution is 0.0600. The Bertz CT molecular complexity index is 1310. The first-order chi connectivity index (χ1) is 15.3. The number of hydrogen-bond acceptors (Lipinski definition) is 7. The first kappa shape index (κ1) is 22.0. The maximum absolute atomic E-state index is 13.2. The van der Waals surface area contributed by atoms with E-state index < -0.39 is 23.3 Å². The van der Waals surface area contributed by atoms with Crippen LogP contribution in [0.15, 0.2) is 58.4 Å². The molecule has 1 heterocycles. The van der Waals surface area contributed by atoms with Gasteiger partial charge in [0, 0.05) is 5.56 Å². The molecule has 0 radical (unpaired) electrons. The predicted octanol–water partition coefficient (Wildman–Crippen LogP) is 2.10. The van der Waals surface area contributed by atoms with Gasteiger partial charge < -0.3 is 4.74 Å². The van der Waals surface area contributed by atoms with Gasteiger partial charge in [-0.05, 0) is 48.9 Å². The molecular weight excluding hydrogens is 417 g/mol. The molecule has 0 unspecified atom stereocenters. The molecule has 0 aliphatic heterocycles. The number of amides is 1. The Morgan fingerprint density at radius 1 is 1.19 bits per heavy atom. The summed E-state index contributed by atoms with van der Waals surface area (Å²) in [5, 5.41) is 17.3. The zero-order valence-corrected chi connectivity index (χ0v) is 17.0. The summed E-state index contributed by atoms with van der Waals surface area (Å²) >= 11 is 0. The van der Waals surface area contributed by atoms with Crippen LogP contribution in [-0.4, -0.2) is 35.0 Å². The van der Waals surface area contributed by atoms with Crippen LogP contribution in [0.2, 0.25) is 0 Å². The number of aromatic nitrogens is 2. The zero-order valence-electron chi connectivity index (χ0n) is 17.0. The number of carbonyl (C=O) groups excluding carboxylic acids is 2. The summed E-state index contributed by atoms with van der Waals surface area (Å²) in [4.78, 5) is 36.6. The molecule has 0 fully saturated rings. The van der Waals surface area contributed by atoms with Crippen LogP contribution in [0.5, 0.6) is 0 Å². The van der Waals surface area contributed by atoms with Crippen LogP contribution in [0.1, 0.15) is 37.5 Å². The summed E-state index contributed by atoms with van der Waals surface area (Å²) in [6.07, 6.45) is 1.34. The summed E-state index contributed by atoms with van der Waals surface area (Å²) in [7, 11) is 1.28. The minimum atomic E-state index is -0.753. The molecule has 0 aliphatic rings. The Morgan fingerprint density at radius 2 is 1.84 bits per heavy atom. The molecule has 3 rings (SSSR count). The van der Waals surface area contributed by atoms with Crippen molar-refractivity contribution in [1.82, 2.24) is 15.2 Å². The number of nitriles is 1. The third-order valence-electron chi connectivity index (χ3n) is 4.45. The number of ether oxygens (including phenoxy) is 1. The maximum atomic E-state index is 13.2. The lowest BCUT2D eigenvalue weighted by atomic mass is 10.1. The second-order valence-electron chi connectivity index (χ2n) is 6.47. The van der Waals surface area contributed by atoms with Crippen LogP contribution in [0.3, 0.4) is 0 Å². The lowest BCUT2D eigenvalue weighted by Crippen LogP contribution is -2.31. The Hall–Kier alpha value is -4.65. The number of hydrazone groups is 1. The number of nitrogens with zero attached hydrogens (tertiary/aromatic N) is 4. The Labute approximate surface area is 181 Å². The van der Waals surface area contributed by atoms with Crippen LogP contribution in [0.25, 0.3) is 5.69 Å². The van der Waals surface area contributed by atoms with Crippen molar-refractivity contribution in [1.29, 1.82) is 5.26 Å². The fourth-order valence-corrected chi connectivity index (χ4v) is 2.75. The third kappa shape index (κ3) is 4.57. The zero-order chi connectivity index (χ0) is 23.3. The minimum absolute atomic E-state index is 0.0889. The summed E-state index contributed by atoms with van der Waals surface area (Å²) in [5.41, 5.74) is 2.33. The van der Waals surface area contributed by atoms with Crippen molar-refractivity contribution in [3.05, 3.63) is 92.6 Å². The Balaban J connectivity index is 1.87. The number of hydrogen-bond donors (Lipinski definition) is 1. The van der Waals surface area contributed by atoms with E-state index in [2.05, 4.69) is 20.4 Å². The fraction of sp³-hybridized carbons (Fsp3) is 0.0909. The van der Waals surface area contributed by atoms with E-state index in [0.29, 0.717) is 11.1 Å². The fourth-order valence-electron chi connectivity index (χ4n) is 2.75. The minimum Gasteiger partial charge on any atom is -0.465 e. The standard InChI is InChI=1S/C22H16FN5O4/c1-13-18(11-24)21(30)28(17-9-7-16(23)8-10-17)27-19(13)20(29)26-25-12-14-3-5-15(6-4-14)22(31)32-2/h3-10,12H,1-2H3,(H,26,29)/b25-12+. The van der Waals surface area contributed by atoms with Gasteiger partial charge in [0.2, 0.25) is 0 Å². The van der Waals surface area contributed by atoms with Crippen LogP contribution >= 0.6 is 0 Å². The van der Waals surface area contributed by atoms with Gasteiger partial charge in [-0.3, -0.25) is 9.59 Å². The molecule has 1 aromatic heterocycles. The topological polar surface area (TPSA) is 126 Å². The molecule has 0 aliphatic carbocycles. The number of rotatable bonds is 5. The number of carbonyl (C=O) groups is 2. The molecule has 0 saturated heterocycles. The number of nitrogens with one attached hydrogen (secondary N) is 1. The molecule has 2 aromatic carbocycles. The van der Waals surface area contributed by atoms with Crippen molar-refractivity contribution in [2.45, 2.75) is 6.92 Å². The van der Waals surface area contributed by atoms with Gasteiger partial charge in [-0.2, -0.15) is 20.1 Å². The first-order valence-electron chi connectivity index (χ1n) is 9.17. The van der Waals surface area contributed by atoms with Gasteiger partial charge in [-0.25, -0.2) is 14.6 Å². The molecule has 160 valence electrons. The van der Waals surface area contributed by atoms with Gasteiger partial charge in [0.15, 0.2) is 5.69 Å². The summed E-state index contributed by atoms with van der Waals surface area (Å²) < 4.78 is 18.7. The smallest absolute Gasteiger partial charge is 0.337 e. The van der Waals surface area contributed by atoms with Crippen molar-refractivity contribution in [3.63, 3.8) is 0 Å². The van der Waals surface area contributed by atoms with Gasteiger partial charge >= 0.3 is 5.97 Å². The number of benzene rings is 2. The van der Waals surface area contributed by atoms with Crippen LogP contribution in [0, 0.1) is 24.1 Å². The van der Waals surface area contributed by atoms with Gasteiger partial charge in [0.1, 0.15) is 17.4 Å². The van der Waals surface area contributed by atoms with Crippen molar-refractivity contribution >= 4 is 18.1 Å². The molecule has 32 heavy (non-hydrogen) atoms. The average Bonchev–Trinajstić information content (AvgIpc) is 2.80. The number of methoxy groups -OCH3 is 1. The first-order valence-corrected chi connectivity index (χ1v) is 9.17. The Morgan fingerprint density at radius 3 is 2.44 bits per heavy atom. The van der Waals surface area contributed by atoms with E-state index in [-0.39, 0.29) is 22.5 Å². The molecule has 0 saturated carbocycles. The van der Waals surface area contributed by atoms with Gasteiger partial charge in [-0.1, -0.05) is 12.1 Å². The molecule has 3 aromatic rings. The van der Waals surface area contributed by atoms with Crippen molar-refractivity contribution in [2.24, 2.45) is 5.10 Å². The van der Waals surface area contributed by atoms with Crippen molar-refractivity contribution in [3.8, 4) is 11.8 Å². The van der Waals surface area contributed by atoms with Gasteiger partial charge in [-0.15, -0.1) is 0 Å². The molecule has 9 nitrogen and oxygen atoms in total. The van der Waals surface area contributed by atoms with Crippen LogP contribution in [0.4, 0.5) is 4.39 Å². The molecule has 0 bridgehead atoms. The molecule has 0 spiro atoms. The van der Waals surface area contributed by atoms with Crippen molar-refractivity contribution < 1.29 is 18.7 Å². The highest BCUT2D eigenvalue weighted by molar-refractivity contribution is 5.95. The molecule has 0 atom stereocenters. The highest BCUT2D eigenvalue weighted by atomic mass is 19.1. The van der Waals surface area contributed by atoms with E-state index in [1.807, 2.05) is 0 Å². The monoisotopic (exact) mass is 433 g/mol. The quantitative estimate of drug-likeness (QED) is 0.373. The highest BCUT2D eigenvalue weighted by Gasteiger charge is 2.20. The second kappa shape index (κ2) is 9.44. The van der Waals surface area contributed by atoms with Crippen LogP contribution in [-0.2, 0) is 4.74 Å². The second-order valence-corrected chi connectivity index (χ2v) is 6.47. The SMILES string of the molecule is COC(=O)c1ccc(/C=N/NC(=O)c2nn(-c3ccc(F)cc3)c(=O)c(C#N)c2C)cc1. The molecule has 1 N–H and O–H groups in total. The van der Waals surface area contributed by atoms with E-state index in [9.17, 15) is 24.0 Å². The molecule has 10 heteroatoms. The van der Waals surface area contributed by atoms with E-state index in [0.717, 1.165) is 16.8 Å². The summed E-state index contributed by atoms with van der Waals surface area (Å²) in [6, 6.07) is 12.9. The molecular formula is C22H16FN5O4. The third-order valence-corrected chi connectivity index (χ3v) is 4.45. The van der Waals surface area contributed by atoms with E-state index in [4.69, 9.17) is 0 Å².